The zero-order valence-corrected chi connectivity index (χ0v) is 17.6. The second-order valence-electron chi connectivity index (χ2n) is 6.36. The van der Waals surface area contributed by atoms with Gasteiger partial charge in [0.1, 0.15) is 5.75 Å². The van der Waals surface area contributed by atoms with Gasteiger partial charge < -0.3 is 19.7 Å². The Morgan fingerprint density at radius 2 is 1.75 bits per heavy atom. The molecule has 10 heteroatoms. The molecule has 0 saturated carbocycles. The van der Waals surface area contributed by atoms with Crippen LogP contribution >= 0.6 is 11.3 Å². The molecule has 0 fully saturated rings. The molecule has 0 aliphatic heterocycles. The molecule has 0 aliphatic carbocycles. The Kier molecular flexibility index (Phi) is 7.50. The van der Waals surface area contributed by atoms with Gasteiger partial charge in [-0.25, -0.2) is 4.79 Å². The number of carbonyl (C=O) groups is 3. The summed E-state index contributed by atoms with van der Waals surface area (Å²) in [6.07, 6.45) is 0. The lowest BCUT2D eigenvalue weighted by molar-refractivity contribution is -0.119. The molecule has 1 N–H and O–H groups in total. The number of amides is 2. The molecular formula is C22H18F2N2O5S. The van der Waals surface area contributed by atoms with Gasteiger partial charge in [0.15, 0.2) is 6.61 Å². The molecule has 0 saturated heterocycles. The van der Waals surface area contributed by atoms with Gasteiger partial charge in [-0.3, -0.25) is 9.59 Å². The highest BCUT2D eigenvalue weighted by molar-refractivity contribution is 7.12. The Labute approximate surface area is 186 Å². The maximum Gasteiger partial charge on any atom is 0.387 e. The molecule has 0 unspecified atom stereocenters. The van der Waals surface area contributed by atoms with Gasteiger partial charge in [-0.15, -0.1) is 11.3 Å². The molecule has 0 bridgehead atoms. The predicted octanol–water partition coefficient (Wildman–Crippen LogP) is 4.42. The number of halogens is 2. The molecule has 32 heavy (non-hydrogen) atoms. The Morgan fingerprint density at radius 1 is 1.03 bits per heavy atom. The predicted molar refractivity (Wildman–Crippen MR) is 115 cm³/mol. The Bertz CT molecular complexity index is 1110. The summed E-state index contributed by atoms with van der Waals surface area (Å²) in [7, 11) is 1.53. The first-order valence-corrected chi connectivity index (χ1v) is 10.2. The van der Waals surface area contributed by atoms with Crippen LogP contribution in [0.3, 0.4) is 0 Å². The van der Waals surface area contributed by atoms with Gasteiger partial charge in [-0.05, 0) is 35.7 Å². The van der Waals surface area contributed by atoms with Crippen molar-refractivity contribution in [2.24, 2.45) is 0 Å². The standard InChI is InChI=1S/C22H18F2N2O5S/c1-26(20(28)18-11-6-12-32-18)16-9-4-2-7-14(16)21(29)30-13-19(27)25-15-8-3-5-10-17(15)31-22(23)24/h2-12,22H,13H2,1H3,(H,25,27). The molecule has 1 aromatic heterocycles. The number of esters is 1. The summed E-state index contributed by atoms with van der Waals surface area (Å²) in [5.41, 5.74) is 0.414. The first-order chi connectivity index (χ1) is 15.4. The molecule has 2 amide bonds. The van der Waals surface area contributed by atoms with Crippen LogP contribution in [0.15, 0.2) is 66.0 Å². The van der Waals surface area contributed by atoms with Gasteiger partial charge in [-0.1, -0.05) is 30.3 Å². The third-order valence-corrected chi connectivity index (χ3v) is 5.09. The van der Waals surface area contributed by atoms with Crippen molar-refractivity contribution in [3.63, 3.8) is 0 Å². The molecule has 0 atom stereocenters. The number of rotatable bonds is 8. The van der Waals surface area contributed by atoms with Gasteiger partial charge in [0, 0.05) is 7.05 Å². The summed E-state index contributed by atoms with van der Waals surface area (Å²) in [6.45, 7) is -3.73. The minimum absolute atomic E-state index is 0.00975. The average molecular weight is 460 g/mol. The van der Waals surface area contributed by atoms with Crippen LogP contribution in [-0.4, -0.2) is 38.0 Å². The molecule has 3 aromatic rings. The monoisotopic (exact) mass is 460 g/mol. The number of carbonyl (C=O) groups excluding carboxylic acids is 3. The highest BCUT2D eigenvalue weighted by Crippen LogP contribution is 2.26. The van der Waals surface area contributed by atoms with Gasteiger partial charge >= 0.3 is 12.6 Å². The molecule has 166 valence electrons. The van der Waals surface area contributed by atoms with Gasteiger partial charge in [-0.2, -0.15) is 8.78 Å². The van der Waals surface area contributed by atoms with Crippen molar-refractivity contribution < 1.29 is 32.6 Å². The summed E-state index contributed by atoms with van der Waals surface area (Å²) in [6, 6.07) is 15.4. The van der Waals surface area contributed by atoms with E-state index in [9.17, 15) is 23.2 Å². The number of benzene rings is 2. The molecule has 0 radical (unpaired) electrons. The number of nitrogens with one attached hydrogen (secondary N) is 1. The van der Waals surface area contributed by atoms with E-state index < -0.39 is 25.1 Å². The van der Waals surface area contributed by atoms with Crippen molar-refractivity contribution in [1.29, 1.82) is 0 Å². The van der Waals surface area contributed by atoms with Gasteiger partial charge in [0.25, 0.3) is 11.8 Å². The lowest BCUT2D eigenvalue weighted by Gasteiger charge is -2.19. The number of alkyl halides is 2. The van der Waals surface area contributed by atoms with Crippen molar-refractivity contribution >= 4 is 40.5 Å². The minimum atomic E-state index is -3.06. The van der Waals surface area contributed by atoms with Crippen LogP contribution in [0.25, 0.3) is 0 Å². The third-order valence-electron chi connectivity index (χ3n) is 4.23. The lowest BCUT2D eigenvalue weighted by atomic mass is 10.1. The zero-order chi connectivity index (χ0) is 23.1. The van der Waals surface area contributed by atoms with Crippen molar-refractivity contribution in [3.8, 4) is 5.75 Å². The van der Waals surface area contributed by atoms with Crippen LogP contribution < -0.4 is 15.0 Å². The van der Waals surface area contributed by atoms with E-state index in [1.165, 1.54) is 53.6 Å². The summed E-state index contributed by atoms with van der Waals surface area (Å²) in [5, 5.41) is 4.13. The minimum Gasteiger partial charge on any atom is -0.452 e. The smallest absolute Gasteiger partial charge is 0.387 e. The first-order valence-electron chi connectivity index (χ1n) is 9.28. The molecule has 3 rings (SSSR count). The fourth-order valence-electron chi connectivity index (χ4n) is 2.78. The number of anilines is 2. The van der Waals surface area contributed by atoms with E-state index in [4.69, 9.17) is 4.74 Å². The summed E-state index contributed by atoms with van der Waals surface area (Å²) in [4.78, 5) is 39.2. The topological polar surface area (TPSA) is 84.9 Å². The van der Waals surface area contributed by atoms with E-state index in [0.29, 0.717) is 10.6 Å². The van der Waals surface area contributed by atoms with E-state index in [-0.39, 0.29) is 22.9 Å². The SMILES string of the molecule is CN(C(=O)c1cccs1)c1ccccc1C(=O)OCC(=O)Nc1ccccc1OC(F)F. The second kappa shape index (κ2) is 10.5. The van der Waals surface area contributed by atoms with Crippen LogP contribution in [0.4, 0.5) is 20.2 Å². The normalized spacial score (nSPS) is 10.5. The van der Waals surface area contributed by atoms with Crippen LogP contribution in [0.5, 0.6) is 5.75 Å². The number of hydrogen-bond donors (Lipinski definition) is 1. The van der Waals surface area contributed by atoms with Crippen molar-refractivity contribution in [3.05, 3.63) is 76.5 Å². The number of nitrogens with zero attached hydrogens (tertiary/aromatic N) is 1. The zero-order valence-electron chi connectivity index (χ0n) is 16.8. The fraction of sp³-hybridized carbons (Fsp3) is 0.136. The molecule has 2 aromatic carbocycles. The highest BCUT2D eigenvalue weighted by atomic mass is 32.1. The third kappa shape index (κ3) is 5.67. The van der Waals surface area contributed by atoms with E-state index in [2.05, 4.69) is 10.1 Å². The highest BCUT2D eigenvalue weighted by Gasteiger charge is 2.22. The molecule has 7 nitrogen and oxygen atoms in total. The quantitative estimate of drug-likeness (QED) is 0.503. The second-order valence-corrected chi connectivity index (χ2v) is 7.31. The largest absolute Gasteiger partial charge is 0.452 e. The summed E-state index contributed by atoms with van der Waals surface area (Å²) >= 11 is 1.27. The van der Waals surface area contributed by atoms with Crippen molar-refractivity contribution in [2.75, 3.05) is 23.9 Å². The van der Waals surface area contributed by atoms with E-state index >= 15 is 0 Å². The van der Waals surface area contributed by atoms with Crippen LogP contribution in [0.1, 0.15) is 20.0 Å². The summed E-state index contributed by atoms with van der Waals surface area (Å²) < 4.78 is 34.4. The number of thiophene rings is 1. The fourth-order valence-corrected chi connectivity index (χ4v) is 3.48. The first kappa shape index (κ1) is 22.9. The number of hydrogen-bond acceptors (Lipinski definition) is 6. The van der Waals surface area contributed by atoms with Crippen LogP contribution in [-0.2, 0) is 9.53 Å². The number of ether oxygens (including phenoxy) is 2. The van der Waals surface area contributed by atoms with E-state index in [0.717, 1.165) is 0 Å². The molecule has 1 heterocycles. The Hall–Kier alpha value is -3.79. The molecule has 0 aliphatic rings. The average Bonchev–Trinajstić information content (AvgIpc) is 3.32. The maximum atomic E-state index is 12.6. The maximum absolute atomic E-state index is 12.6. The Morgan fingerprint density at radius 3 is 2.47 bits per heavy atom. The number of para-hydroxylation sites is 3. The Balaban J connectivity index is 1.66. The van der Waals surface area contributed by atoms with Gasteiger partial charge in [0.2, 0.25) is 0 Å². The summed E-state index contributed by atoms with van der Waals surface area (Å²) in [5.74, 6) is -2.09. The van der Waals surface area contributed by atoms with Crippen LogP contribution in [0, 0.1) is 0 Å². The van der Waals surface area contributed by atoms with Crippen molar-refractivity contribution in [2.45, 2.75) is 6.61 Å². The van der Waals surface area contributed by atoms with E-state index in [1.54, 1.807) is 35.7 Å². The van der Waals surface area contributed by atoms with Gasteiger partial charge in [0.05, 0.1) is 21.8 Å². The lowest BCUT2D eigenvalue weighted by Crippen LogP contribution is -2.28. The van der Waals surface area contributed by atoms with Crippen LogP contribution in [0.2, 0.25) is 0 Å². The molecule has 0 spiro atoms. The van der Waals surface area contributed by atoms with Crippen molar-refractivity contribution in [1.82, 2.24) is 0 Å². The van der Waals surface area contributed by atoms with E-state index in [1.807, 2.05) is 0 Å². The molecular weight excluding hydrogens is 442 g/mol.